The van der Waals surface area contributed by atoms with E-state index in [-0.39, 0.29) is 18.1 Å². The lowest BCUT2D eigenvalue weighted by Crippen LogP contribution is -2.28. The Morgan fingerprint density at radius 1 is 1.46 bits per heavy atom. The van der Waals surface area contributed by atoms with E-state index < -0.39 is 0 Å². The van der Waals surface area contributed by atoms with Gasteiger partial charge in [-0.2, -0.15) is 5.10 Å². The summed E-state index contributed by atoms with van der Waals surface area (Å²) in [6, 6.07) is 7.73. The molecule has 1 aromatic carbocycles. The fourth-order valence-electron chi connectivity index (χ4n) is 3.06. The van der Waals surface area contributed by atoms with Crippen LogP contribution in [0.1, 0.15) is 17.2 Å². The monoisotopic (exact) mass is 345 g/mol. The summed E-state index contributed by atoms with van der Waals surface area (Å²) in [7, 11) is 0. The smallest absolute Gasteiger partial charge is 0.246 e. The van der Waals surface area contributed by atoms with Gasteiger partial charge in [-0.15, -0.1) is 0 Å². The number of ether oxygens (including phenoxy) is 1. The number of hydrogen-bond donors (Lipinski definition) is 0. The molecule has 24 heavy (non-hydrogen) atoms. The molecule has 0 aliphatic carbocycles. The predicted octanol–water partition coefficient (Wildman–Crippen LogP) is 3.00. The summed E-state index contributed by atoms with van der Waals surface area (Å²) in [5.74, 6) is -0.0862. The molecular formula is C18H20ClN3O2. The van der Waals surface area contributed by atoms with Crippen LogP contribution < -0.4 is 0 Å². The SMILES string of the molecule is C=CC(=O)N1C[C@@H](n2cccn2)[C@H](OCc2cc(C)cc(Cl)c2)C1. The molecule has 2 heterocycles. The lowest BCUT2D eigenvalue weighted by atomic mass is 10.1. The molecular weight excluding hydrogens is 326 g/mol. The molecule has 126 valence electrons. The molecule has 6 heteroatoms. The van der Waals surface area contributed by atoms with Crippen molar-refractivity contribution >= 4 is 17.5 Å². The van der Waals surface area contributed by atoms with Crippen molar-refractivity contribution in [3.63, 3.8) is 0 Å². The molecule has 1 aliphatic heterocycles. The van der Waals surface area contributed by atoms with Crippen LogP contribution in [0.15, 0.2) is 49.3 Å². The summed E-state index contributed by atoms with van der Waals surface area (Å²) >= 11 is 6.11. The molecule has 1 saturated heterocycles. The van der Waals surface area contributed by atoms with Gasteiger partial charge in [0, 0.05) is 30.5 Å². The number of hydrogen-bond acceptors (Lipinski definition) is 3. The molecule has 5 nitrogen and oxygen atoms in total. The highest BCUT2D eigenvalue weighted by molar-refractivity contribution is 6.30. The summed E-state index contributed by atoms with van der Waals surface area (Å²) < 4.78 is 7.96. The van der Waals surface area contributed by atoms with E-state index in [1.54, 1.807) is 11.1 Å². The van der Waals surface area contributed by atoms with Crippen LogP contribution in [-0.2, 0) is 16.1 Å². The van der Waals surface area contributed by atoms with Gasteiger partial charge < -0.3 is 9.64 Å². The first-order chi connectivity index (χ1) is 11.6. The molecule has 2 atom stereocenters. The predicted molar refractivity (Wildman–Crippen MR) is 92.8 cm³/mol. The van der Waals surface area contributed by atoms with Gasteiger partial charge in [0.25, 0.3) is 0 Å². The zero-order valence-electron chi connectivity index (χ0n) is 13.6. The largest absolute Gasteiger partial charge is 0.369 e. The van der Waals surface area contributed by atoms with Gasteiger partial charge in [0.05, 0.1) is 18.8 Å². The first-order valence-corrected chi connectivity index (χ1v) is 8.23. The lowest BCUT2D eigenvalue weighted by molar-refractivity contribution is -0.125. The third-order valence-electron chi connectivity index (χ3n) is 4.15. The highest BCUT2D eigenvalue weighted by atomic mass is 35.5. The average Bonchev–Trinajstić information content (AvgIpc) is 3.20. The second-order valence-electron chi connectivity index (χ2n) is 5.99. The standard InChI is InChI=1S/C18H20ClN3O2/c1-3-18(23)21-10-16(22-6-4-5-20-22)17(11-21)24-12-14-7-13(2)8-15(19)9-14/h3-9,16-17H,1,10-12H2,2H3/t16-,17-/m1/s1. The van der Waals surface area contributed by atoms with E-state index in [1.165, 1.54) is 6.08 Å². The molecule has 2 aromatic rings. The zero-order chi connectivity index (χ0) is 17.1. The van der Waals surface area contributed by atoms with Gasteiger partial charge in [0.2, 0.25) is 5.91 Å². The average molecular weight is 346 g/mol. The van der Waals surface area contributed by atoms with Crippen molar-refractivity contribution in [2.24, 2.45) is 0 Å². The third-order valence-corrected chi connectivity index (χ3v) is 4.37. The second-order valence-corrected chi connectivity index (χ2v) is 6.42. The minimum Gasteiger partial charge on any atom is -0.369 e. The molecule has 1 aromatic heterocycles. The van der Waals surface area contributed by atoms with E-state index in [1.807, 2.05) is 36.0 Å². The van der Waals surface area contributed by atoms with E-state index in [2.05, 4.69) is 17.7 Å². The number of aryl methyl sites for hydroxylation is 1. The molecule has 1 fully saturated rings. The fraction of sp³-hybridized carbons (Fsp3) is 0.333. The summed E-state index contributed by atoms with van der Waals surface area (Å²) in [5, 5.41) is 5.00. The number of likely N-dealkylation sites (tertiary alicyclic amines) is 1. The van der Waals surface area contributed by atoms with Crippen LogP contribution in [0.2, 0.25) is 5.02 Å². The van der Waals surface area contributed by atoms with Crippen LogP contribution in [0.3, 0.4) is 0 Å². The first kappa shape index (κ1) is 16.7. The molecule has 0 spiro atoms. The number of halogens is 1. The van der Waals surface area contributed by atoms with Gasteiger partial charge in [-0.25, -0.2) is 0 Å². The number of carbonyl (C=O) groups is 1. The van der Waals surface area contributed by atoms with Gasteiger partial charge in [-0.05, 0) is 42.3 Å². The zero-order valence-corrected chi connectivity index (χ0v) is 14.3. The molecule has 1 aliphatic rings. The van der Waals surface area contributed by atoms with Crippen molar-refractivity contribution in [3.05, 3.63) is 65.5 Å². The Bertz CT molecular complexity index is 710. The Labute approximate surface area is 146 Å². The molecule has 0 saturated carbocycles. The maximum atomic E-state index is 11.9. The molecule has 3 rings (SSSR count). The Kier molecular flexibility index (Phi) is 5.02. The summed E-state index contributed by atoms with van der Waals surface area (Å²) in [6.45, 7) is 7.09. The van der Waals surface area contributed by atoms with E-state index in [9.17, 15) is 4.79 Å². The first-order valence-electron chi connectivity index (χ1n) is 7.85. The number of rotatable bonds is 5. The minimum absolute atomic E-state index is 0.0100. The van der Waals surface area contributed by atoms with Crippen molar-refractivity contribution in [1.82, 2.24) is 14.7 Å². The van der Waals surface area contributed by atoms with E-state index >= 15 is 0 Å². The fourth-order valence-corrected chi connectivity index (χ4v) is 3.37. The van der Waals surface area contributed by atoms with Gasteiger partial charge in [0.1, 0.15) is 0 Å². The van der Waals surface area contributed by atoms with Crippen LogP contribution in [0, 0.1) is 6.92 Å². The van der Waals surface area contributed by atoms with Crippen molar-refractivity contribution in [2.45, 2.75) is 25.7 Å². The van der Waals surface area contributed by atoms with Crippen molar-refractivity contribution in [2.75, 3.05) is 13.1 Å². The number of benzene rings is 1. The van der Waals surface area contributed by atoms with E-state index in [0.29, 0.717) is 24.7 Å². The lowest BCUT2D eigenvalue weighted by Gasteiger charge is -2.19. The molecule has 0 unspecified atom stereocenters. The van der Waals surface area contributed by atoms with Crippen LogP contribution in [0.4, 0.5) is 0 Å². The number of amides is 1. The molecule has 1 amide bonds. The Balaban J connectivity index is 1.73. The van der Waals surface area contributed by atoms with Gasteiger partial charge in [-0.1, -0.05) is 24.2 Å². The van der Waals surface area contributed by atoms with Crippen LogP contribution in [-0.4, -0.2) is 39.8 Å². The Morgan fingerprint density at radius 3 is 2.96 bits per heavy atom. The maximum Gasteiger partial charge on any atom is 0.246 e. The van der Waals surface area contributed by atoms with E-state index in [0.717, 1.165) is 11.1 Å². The minimum atomic E-state index is -0.131. The van der Waals surface area contributed by atoms with Gasteiger partial charge >= 0.3 is 0 Å². The Hall–Kier alpha value is -2.11. The maximum absolute atomic E-state index is 11.9. The van der Waals surface area contributed by atoms with Crippen LogP contribution in [0.25, 0.3) is 0 Å². The molecule has 0 radical (unpaired) electrons. The van der Waals surface area contributed by atoms with E-state index in [4.69, 9.17) is 16.3 Å². The number of nitrogens with zero attached hydrogens (tertiary/aromatic N) is 3. The van der Waals surface area contributed by atoms with Crippen molar-refractivity contribution in [3.8, 4) is 0 Å². The van der Waals surface area contributed by atoms with Crippen LogP contribution >= 0.6 is 11.6 Å². The number of aromatic nitrogens is 2. The van der Waals surface area contributed by atoms with Crippen LogP contribution in [0.5, 0.6) is 0 Å². The topological polar surface area (TPSA) is 47.4 Å². The highest BCUT2D eigenvalue weighted by Crippen LogP contribution is 2.26. The Morgan fingerprint density at radius 2 is 2.29 bits per heavy atom. The summed E-state index contributed by atoms with van der Waals surface area (Å²) in [6.07, 6.45) is 4.83. The van der Waals surface area contributed by atoms with Crippen molar-refractivity contribution < 1.29 is 9.53 Å². The molecule has 0 bridgehead atoms. The quantitative estimate of drug-likeness (QED) is 0.783. The van der Waals surface area contributed by atoms with Crippen molar-refractivity contribution in [1.29, 1.82) is 0 Å². The van der Waals surface area contributed by atoms with Gasteiger partial charge in [-0.3, -0.25) is 9.48 Å². The normalized spacial score (nSPS) is 20.3. The highest BCUT2D eigenvalue weighted by Gasteiger charge is 2.36. The summed E-state index contributed by atoms with van der Waals surface area (Å²) in [4.78, 5) is 13.7. The number of carbonyl (C=O) groups excluding carboxylic acids is 1. The third kappa shape index (κ3) is 3.68. The molecule has 0 N–H and O–H groups in total. The summed E-state index contributed by atoms with van der Waals surface area (Å²) in [5.41, 5.74) is 2.12. The van der Waals surface area contributed by atoms with Gasteiger partial charge in [0.15, 0.2) is 0 Å². The second kappa shape index (κ2) is 7.20.